The molecule has 0 saturated heterocycles. The number of aromatic nitrogens is 1. The number of ether oxygens (including phenoxy) is 2. The Hall–Kier alpha value is -3.32. The maximum Gasteiger partial charge on any atom is 0.356 e. The zero-order valence-corrected chi connectivity index (χ0v) is 17.3. The number of nitrogens with zero attached hydrogens (tertiary/aromatic N) is 1. The first-order chi connectivity index (χ1) is 14.5. The highest BCUT2D eigenvalue weighted by Gasteiger charge is 2.28. The smallest absolute Gasteiger partial charge is 0.356 e. The van der Waals surface area contributed by atoms with Crippen LogP contribution in [0.25, 0.3) is 10.9 Å². The highest BCUT2D eigenvalue weighted by molar-refractivity contribution is 6.11. The number of carbonyl (C=O) groups is 2. The molecule has 2 heterocycles. The van der Waals surface area contributed by atoms with Gasteiger partial charge in [0.05, 0.1) is 31.5 Å². The Kier molecular flexibility index (Phi) is 5.46. The van der Waals surface area contributed by atoms with Crippen molar-refractivity contribution < 1.29 is 19.1 Å². The second-order valence-electron chi connectivity index (χ2n) is 7.43. The molecule has 7 nitrogen and oxygen atoms in total. The standard InChI is InChI=1S/C23H25N3O4/c1-14(26-11-10-15-6-4-5-7-16(15)13-26)22(27)25-20-18-9-8-17(29-2)12-19(18)24-21(20)23(28)30-3/h4-9,12,14,24H,10-11,13H2,1-3H3,(H,25,27). The Morgan fingerprint density at radius 1 is 1.13 bits per heavy atom. The molecule has 30 heavy (non-hydrogen) atoms. The van der Waals surface area contributed by atoms with Crippen molar-refractivity contribution in [3.05, 3.63) is 59.3 Å². The summed E-state index contributed by atoms with van der Waals surface area (Å²) >= 11 is 0. The second-order valence-corrected chi connectivity index (χ2v) is 7.43. The molecule has 4 rings (SSSR count). The number of benzene rings is 2. The van der Waals surface area contributed by atoms with Crippen LogP contribution in [0, 0.1) is 0 Å². The zero-order chi connectivity index (χ0) is 21.3. The van der Waals surface area contributed by atoms with Crippen molar-refractivity contribution in [2.24, 2.45) is 0 Å². The summed E-state index contributed by atoms with van der Waals surface area (Å²) in [5, 5.41) is 3.68. The summed E-state index contributed by atoms with van der Waals surface area (Å²) in [7, 11) is 2.89. The van der Waals surface area contributed by atoms with Gasteiger partial charge in [0.2, 0.25) is 5.91 Å². The van der Waals surface area contributed by atoms with E-state index in [1.165, 1.54) is 18.2 Å². The molecule has 1 amide bonds. The van der Waals surface area contributed by atoms with Crippen molar-refractivity contribution in [1.29, 1.82) is 0 Å². The quantitative estimate of drug-likeness (QED) is 0.634. The molecule has 2 N–H and O–H groups in total. The molecule has 3 aromatic rings. The number of esters is 1. The molecule has 0 bridgehead atoms. The fraction of sp³-hybridized carbons (Fsp3) is 0.304. The maximum absolute atomic E-state index is 13.1. The van der Waals surface area contributed by atoms with Gasteiger partial charge in [-0.3, -0.25) is 9.69 Å². The Balaban J connectivity index is 1.60. The minimum absolute atomic E-state index is 0.170. The van der Waals surface area contributed by atoms with Crippen LogP contribution in [0.2, 0.25) is 0 Å². The number of nitrogens with one attached hydrogen (secondary N) is 2. The SMILES string of the molecule is COC(=O)c1[nH]c2cc(OC)ccc2c1NC(=O)C(C)N1CCc2ccccc2C1. The first-order valence-corrected chi connectivity index (χ1v) is 9.91. The van der Waals surface area contributed by atoms with Gasteiger partial charge in [-0.1, -0.05) is 24.3 Å². The third-order valence-corrected chi connectivity index (χ3v) is 5.73. The molecular formula is C23H25N3O4. The number of methoxy groups -OCH3 is 2. The van der Waals surface area contributed by atoms with Gasteiger partial charge in [0.1, 0.15) is 11.4 Å². The Morgan fingerprint density at radius 2 is 1.90 bits per heavy atom. The predicted molar refractivity (Wildman–Crippen MR) is 115 cm³/mol. The molecule has 1 aliphatic rings. The summed E-state index contributed by atoms with van der Waals surface area (Å²) in [6.45, 7) is 3.42. The summed E-state index contributed by atoms with van der Waals surface area (Å²) < 4.78 is 10.2. The molecule has 0 aliphatic carbocycles. The van der Waals surface area contributed by atoms with Crippen LogP contribution in [0.4, 0.5) is 5.69 Å². The number of anilines is 1. The fourth-order valence-electron chi connectivity index (χ4n) is 3.93. The molecule has 1 aliphatic heterocycles. The van der Waals surface area contributed by atoms with Gasteiger partial charge in [0.15, 0.2) is 0 Å². The third kappa shape index (κ3) is 3.64. The molecule has 1 atom stereocenters. The van der Waals surface area contributed by atoms with Crippen LogP contribution in [0.15, 0.2) is 42.5 Å². The van der Waals surface area contributed by atoms with Crippen molar-refractivity contribution in [3.63, 3.8) is 0 Å². The van der Waals surface area contributed by atoms with Gasteiger partial charge in [-0.2, -0.15) is 0 Å². The van der Waals surface area contributed by atoms with Crippen LogP contribution in [0.1, 0.15) is 28.5 Å². The molecule has 0 radical (unpaired) electrons. The van der Waals surface area contributed by atoms with Crippen molar-refractivity contribution in [1.82, 2.24) is 9.88 Å². The van der Waals surface area contributed by atoms with Crippen molar-refractivity contribution >= 4 is 28.5 Å². The Morgan fingerprint density at radius 3 is 2.63 bits per heavy atom. The number of H-pyrrole nitrogens is 1. The summed E-state index contributed by atoms with van der Waals surface area (Å²) in [6, 6.07) is 13.3. The van der Waals surface area contributed by atoms with Gasteiger partial charge >= 0.3 is 5.97 Å². The monoisotopic (exact) mass is 407 g/mol. The van der Waals surface area contributed by atoms with Gasteiger partial charge in [0.25, 0.3) is 0 Å². The number of hydrogen-bond donors (Lipinski definition) is 2. The molecule has 2 aromatic carbocycles. The average molecular weight is 407 g/mol. The van der Waals surface area contributed by atoms with E-state index in [0.717, 1.165) is 24.9 Å². The van der Waals surface area contributed by atoms with E-state index in [0.29, 0.717) is 17.0 Å². The first kappa shape index (κ1) is 20.0. The summed E-state index contributed by atoms with van der Waals surface area (Å²) in [5.41, 5.74) is 3.90. The van der Waals surface area contributed by atoms with E-state index in [1.54, 1.807) is 19.2 Å². The van der Waals surface area contributed by atoms with Crippen LogP contribution < -0.4 is 10.1 Å². The van der Waals surface area contributed by atoms with Gasteiger partial charge in [-0.25, -0.2) is 4.79 Å². The van der Waals surface area contributed by atoms with E-state index in [2.05, 4.69) is 27.3 Å². The molecule has 0 saturated carbocycles. The van der Waals surface area contributed by atoms with Crippen LogP contribution in [-0.2, 0) is 22.5 Å². The lowest BCUT2D eigenvalue weighted by Crippen LogP contribution is -2.44. The number of fused-ring (bicyclic) bond motifs is 2. The normalized spacial score (nSPS) is 14.8. The van der Waals surface area contributed by atoms with E-state index in [1.807, 2.05) is 25.1 Å². The van der Waals surface area contributed by atoms with Crippen LogP contribution >= 0.6 is 0 Å². The van der Waals surface area contributed by atoms with E-state index in [9.17, 15) is 9.59 Å². The van der Waals surface area contributed by atoms with E-state index >= 15 is 0 Å². The minimum Gasteiger partial charge on any atom is -0.497 e. The molecule has 1 aromatic heterocycles. The third-order valence-electron chi connectivity index (χ3n) is 5.73. The lowest BCUT2D eigenvalue weighted by atomic mass is 9.98. The van der Waals surface area contributed by atoms with E-state index in [-0.39, 0.29) is 17.6 Å². The average Bonchev–Trinajstić information content (AvgIpc) is 3.14. The highest BCUT2D eigenvalue weighted by Crippen LogP contribution is 2.31. The fourth-order valence-corrected chi connectivity index (χ4v) is 3.93. The van der Waals surface area contributed by atoms with Crippen LogP contribution in [-0.4, -0.2) is 48.6 Å². The molecule has 0 fully saturated rings. The predicted octanol–water partition coefficient (Wildman–Crippen LogP) is 3.35. The molecular weight excluding hydrogens is 382 g/mol. The Bertz CT molecular complexity index is 1110. The number of hydrogen-bond acceptors (Lipinski definition) is 5. The Labute approximate surface area is 175 Å². The number of rotatable bonds is 5. The van der Waals surface area contributed by atoms with E-state index < -0.39 is 5.97 Å². The lowest BCUT2D eigenvalue weighted by Gasteiger charge is -2.32. The van der Waals surface area contributed by atoms with Crippen LogP contribution in [0.5, 0.6) is 5.75 Å². The van der Waals surface area contributed by atoms with Crippen molar-refractivity contribution in [2.45, 2.75) is 25.9 Å². The number of amides is 1. The summed E-state index contributed by atoms with van der Waals surface area (Å²) in [6.07, 6.45) is 0.911. The van der Waals surface area contributed by atoms with Gasteiger partial charge < -0.3 is 19.8 Å². The molecule has 0 spiro atoms. The first-order valence-electron chi connectivity index (χ1n) is 9.91. The van der Waals surface area contributed by atoms with Crippen molar-refractivity contribution in [3.8, 4) is 5.75 Å². The summed E-state index contributed by atoms with van der Waals surface area (Å²) in [5.74, 6) is -0.0605. The topological polar surface area (TPSA) is 83.7 Å². The number of aromatic amines is 1. The highest BCUT2D eigenvalue weighted by atomic mass is 16.5. The molecule has 7 heteroatoms. The van der Waals surface area contributed by atoms with Gasteiger partial charge in [0, 0.05) is 24.5 Å². The maximum atomic E-state index is 13.1. The summed E-state index contributed by atoms with van der Waals surface area (Å²) in [4.78, 5) is 30.6. The van der Waals surface area contributed by atoms with Crippen molar-refractivity contribution in [2.75, 3.05) is 26.1 Å². The number of carbonyl (C=O) groups excluding carboxylic acids is 2. The van der Waals surface area contributed by atoms with Crippen LogP contribution in [0.3, 0.4) is 0 Å². The zero-order valence-electron chi connectivity index (χ0n) is 17.3. The minimum atomic E-state index is -0.542. The molecule has 1 unspecified atom stereocenters. The largest absolute Gasteiger partial charge is 0.497 e. The lowest BCUT2D eigenvalue weighted by molar-refractivity contribution is -0.121. The molecule has 156 valence electrons. The second kappa shape index (κ2) is 8.20. The van der Waals surface area contributed by atoms with E-state index in [4.69, 9.17) is 9.47 Å². The van der Waals surface area contributed by atoms with Gasteiger partial charge in [-0.05, 0) is 36.6 Å². The van der Waals surface area contributed by atoms with Gasteiger partial charge in [-0.15, -0.1) is 0 Å².